The lowest BCUT2D eigenvalue weighted by molar-refractivity contribution is 0.0320. The molecule has 1 saturated heterocycles. The van der Waals surface area contributed by atoms with Crippen LogP contribution in [0, 0.1) is 13.8 Å². The number of aromatic nitrogens is 4. The van der Waals surface area contributed by atoms with Gasteiger partial charge in [-0.05, 0) is 26.8 Å². The highest BCUT2D eigenvalue weighted by molar-refractivity contribution is 7.99. The van der Waals surface area contributed by atoms with Gasteiger partial charge >= 0.3 is 0 Å². The van der Waals surface area contributed by atoms with Crippen molar-refractivity contribution in [3.05, 3.63) is 40.7 Å². The summed E-state index contributed by atoms with van der Waals surface area (Å²) in [6.45, 7) is 11.1. The van der Waals surface area contributed by atoms with Crippen molar-refractivity contribution in [3.63, 3.8) is 0 Å². The molecule has 1 fully saturated rings. The monoisotopic (exact) mass is 472 g/mol. The molecule has 0 bridgehead atoms. The predicted octanol–water partition coefficient (Wildman–Crippen LogP) is 3.76. The van der Waals surface area contributed by atoms with Gasteiger partial charge in [0.25, 0.3) is 0 Å². The maximum atomic E-state index is 5.91. The molecular formula is C22H28N6O2S2. The Balaban J connectivity index is 1.41. The summed E-state index contributed by atoms with van der Waals surface area (Å²) in [7, 11) is 0. The number of hydrogen-bond acceptors (Lipinski definition) is 10. The first-order chi connectivity index (χ1) is 15.5. The first-order valence-corrected chi connectivity index (χ1v) is 12.3. The smallest absolute Gasteiger partial charge is 0.213 e. The molecule has 0 saturated carbocycles. The lowest BCUT2D eigenvalue weighted by atomic mass is 10.2. The second kappa shape index (κ2) is 10.6. The number of morpholine rings is 1. The molecule has 3 aromatic heterocycles. The summed E-state index contributed by atoms with van der Waals surface area (Å²) in [5, 5.41) is 1.73. The number of thioether (sulfide) groups is 1. The molecule has 0 spiro atoms. The van der Waals surface area contributed by atoms with Crippen LogP contribution in [-0.4, -0.2) is 64.3 Å². The molecular weight excluding hydrogens is 444 g/mol. The van der Waals surface area contributed by atoms with Crippen LogP contribution in [0.3, 0.4) is 0 Å². The summed E-state index contributed by atoms with van der Waals surface area (Å²) in [6.07, 6.45) is 1.78. The molecule has 0 aliphatic carbocycles. The molecule has 1 unspecified atom stereocenters. The standard InChI is InChI=1S/C22H28N6O2S2/c1-14-12-18(23)26-22(25-14)32-16(3)20-15(2)31-21(27-20)17-4-5-24-19(13-17)30-11-8-28-6-9-29-10-7-28/h4-5,12-13,16H,6-11H2,1-3H3,(H2,23,25,26). The van der Waals surface area contributed by atoms with Crippen molar-refractivity contribution in [2.24, 2.45) is 0 Å². The van der Waals surface area contributed by atoms with Crippen LogP contribution in [0.1, 0.15) is 28.4 Å². The number of thiazole rings is 1. The Labute approximate surface area is 196 Å². The van der Waals surface area contributed by atoms with E-state index in [0.29, 0.717) is 23.5 Å². The zero-order valence-electron chi connectivity index (χ0n) is 18.6. The Morgan fingerprint density at radius 2 is 2.03 bits per heavy atom. The molecule has 1 aliphatic heterocycles. The number of hydrogen-bond donors (Lipinski definition) is 1. The first-order valence-electron chi connectivity index (χ1n) is 10.6. The Kier molecular flexibility index (Phi) is 7.56. The fourth-order valence-electron chi connectivity index (χ4n) is 3.47. The number of rotatable bonds is 8. The van der Waals surface area contributed by atoms with Gasteiger partial charge in [0.2, 0.25) is 5.88 Å². The summed E-state index contributed by atoms with van der Waals surface area (Å²) < 4.78 is 11.3. The van der Waals surface area contributed by atoms with Gasteiger partial charge in [-0.15, -0.1) is 11.3 Å². The first kappa shape index (κ1) is 22.9. The molecule has 0 aromatic carbocycles. The van der Waals surface area contributed by atoms with Crippen LogP contribution < -0.4 is 10.5 Å². The molecule has 0 amide bonds. The van der Waals surface area contributed by atoms with Crippen molar-refractivity contribution in [3.8, 4) is 16.5 Å². The van der Waals surface area contributed by atoms with Crippen molar-refractivity contribution in [1.82, 2.24) is 24.8 Å². The predicted molar refractivity (Wildman–Crippen MR) is 128 cm³/mol. The molecule has 10 heteroatoms. The molecule has 32 heavy (non-hydrogen) atoms. The largest absolute Gasteiger partial charge is 0.476 e. The number of ether oxygens (including phenoxy) is 2. The van der Waals surface area contributed by atoms with Gasteiger partial charge in [-0.2, -0.15) is 0 Å². The maximum Gasteiger partial charge on any atom is 0.213 e. The Morgan fingerprint density at radius 1 is 1.22 bits per heavy atom. The SMILES string of the molecule is Cc1cc(N)nc(SC(C)c2nc(-c3ccnc(OCCN4CCOCC4)c3)sc2C)n1. The number of aryl methyl sites for hydroxylation is 2. The Hall–Kier alpha value is -2.27. The topological polar surface area (TPSA) is 99.3 Å². The highest BCUT2D eigenvalue weighted by Gasteiger charge is 2.19. The zero-order chi connectivity index (χ0) is 22.5. The number of pyridine rings is 1. The van der Waals surface area contributed by atoms with Gasteiger partial charge in [-0.25, -0.2) is 19.9 Å². The number of anilines is 1. The second-order valence-electron chi connectivity index (χ2n) is 7.62. The average molecular weight is 473 g/mol. The van der Waals surface area contributed by atoms with E-state index in [0.717, 1.165) is 54.8 Å². The van der Waals surface area contributed by atoms with Crippen LogP contribution in [0.15, 0.2) is 29.6 Å². The van der Waals surface area contributed by atoms with Gasteiger partial charge in [0.1, 0.15) is 17.4 Å². The number of nitrogen functional groups attached to an aromatic ring is 1. The summed E-state index contributed by atoms with van der Waals surface area (Å²) in [5.74, 6) is 1.11. The van der Waals surface area contributed by atoms with Crippen molar-refractivity contribution in [2.75, 3.05) is 45.2 Å². The molecule has 3 aromatic rings. The maximum absolute atomic E-state index is 5.91. The Morgan fingerprint density at radius 3 is 2.81 bits per heavy atom. The molecule has 4 rings (SSSR count). The highest BCUT2D eigenvalue weighted by Crippen LogP contribution is 2.38. The summed E-state index contributed by atoms with van der Waals surface area (Å²) in [4.78, 5) is 21.6. The van der Waals surface area contributed by atoms with E-state index in [-0.39, 0.29) is 5.25 Å². The fourth-order valence-corrected chi connectivity index (χ4v) is 5.56. The van der Waals surface area contributed by atoms with Crippen molar-refractivity contribution in [1.29, 1.82) is 0 Å². The Bertz CT molecular complexity index is 1030. The molecule has 0 radical (unpaired) electrons. The van der Waals surface area contributed by atoms with Crippen LogP contribution in [0.5, 0.6) is 5.88 Å². The van der Waals surface area contributed by atoms with Gasteiger partial charge < -0.3 is 15.2 Å². The quantitative estimate of drug-likeness (QED) is 0.388. The van der Waals surface area contributed by atoms with Gasteiger partial charge in [0, 0.05) is 54.1 Å². The van der Waals surface area contributed by atoms with E-state index in [4.69, 9.17) is 20.2 Å². The van der Waals surface area contributed by atoms with Crippen LogP contribution in [0.4, 0.5) is 5.82 Å². The van der Waals surface area contributed by atoms with E-state index < -0.39 is 0 Å². The minimum atomic E-state index is 0.104. The average Bonchev–Trinajstić information content (AvgIpc) is 3.16. The van der Waals surface area contributed by atoms with E-state index in [9.17, 15) is 0 Å². The van der Waals surface area contributed by atoms with E-state index in [1.807, 2.05) is 19.1 Å². The molecule has 8 nitrogen and oxygen atoms in total. The molecule has 170 valence electrons. The summed E-state index contributed by atoms with van der Waals surface area (Å²) >= 11 is 3.24. The van der Waals surface area contributed by atoms with Gasteiger partial charge in [0.05, 0.1) is 24.2 Å². The molecule has 4 heterocycles. The molecule has 1 atom stereocenters. The second-order valence-corrected chi connectivity index (χ2v) is 10.1. The fraction of sp³-hybridized carbons (Fsp3) is 0.455. The highest BCUT2D eigenvalue weighted by atomic mass is 32.2. The third-order valence-corrected chi connectivity index (χ3v) is 7.10. The van der Waals surface area contributed by atoms with Crippen molar-refractivity contribution < 1.29 is 9.47 Å². The number of nitrogens with zero attached hydrogens (tertiary/aromatic N) is 5. The minimum Gasteiger partial charge on any atom is -0.476 e. The van der Waals surface area contributed by atoms with E-state index >= 15 is 0 Å². The van der Waals surface area contributed by atoms with Gasteiger partial charge in [0.15, 0.2) is 5.16 Å². The lowest BCUT2D eigenvalue weighted by Crippen LogP contribution is -2.38. The number of nitrogens with two attached hydrogens (primary N) is 1. The molecule has 2 N–H and O–H groups in total. The van der Waals surface area contributed by atoms with Gasteiger partial charge in [-0.3, -0.25) is 4.90 Å². The lowest BCUT2D eigenvalue weighted by Gasteiger charge is -2.26. The van der Waals surface area contributed by atoms with Crippen LogP contribution in [0.25, 0.3) is 10.6 Å². The van der Waals surface area contributed by atoms with Crippen LogP contribution in [-0.2, 0) is 4.74 Å². The van der Waals surface area contributed by atoms with Gasteiger partial charge in [-0.1, -0.05) is 11.8 Å². The summed E-state index contributed by atoms with van der Waals surface area (Å²) in [5.41, 5.74) is 8.77. The molecule has 1 aliphatic rings. The van der Waals surface area contributed by atoms with Crippen LogP contribution in [0.2, 0.25) is 0 Å². The normalized spacial score (nSPS) is 15.6. The van der Waals surface area contributed by atoms with E-state index in [1.54, 1.807) is 35.4 Å². The summed E-state index contributed by atoms with van der Waals surface area (Å²) in [6, 6.07) is 5.70. The third-order valence-electron chi connectivity index (χ3n) is 5.10. The van der Waals surface area contributed by atoms with E-state index in [1.165, 1.54) is 4.88 Å². The third kappa shape index (κ3) is 5.94. The van der Waals surface area contributed by atoms with Crippen molar-refractivity contribution in [2.45, 2.75) is 31.2 Å². The van der Waals surface area contributed by atoms with Crippen molar-refractivity contribution >= 4 is 28.9 Å². The minimum absolute atomic E-state index is 0.104. The van der Waals surface area contributed by atoms with E-state index in [2.05, 4.69) is 33.7 Å². The van der Waals surface area contributed by atoms with Crippen LogP contribution >= 0.6 is 23.1 Å². The zero-order valence-corrected chi connectivity index (χ0v) is 20.2.